The Balaban J connectivity index is 2.10. The summed E-state index contributed by atoms with van der Waals surface area (Å²) >= 11 is 0. The molecule has 1 unspecified atom stereocenters. The summed E-state index contributed by atoms with van der Waals surface area (Å²) in [5, 5.41) is 2.94. The van der Waals surface area contributed by atoms with Crippen molar-refractivity contribution in [2.75, 3.05) is 32.5 Å². The summed E-state index contributed by atoms with van der Waals surface area (Å²) in [5.41, 5.74) is 0.793. The lowest BCUT2D eigenvalue weighted by Crippen LogP contribution is -3.06. The highest BCUT2D eigenvalue weighted by atomic mass is 16.3. The molecule has 0 fully saturated rings. The van der Waals surface area contributed by atoms with Crippen LogP contribution in [0, 0.1) is 0 Å². The van der Waals surface area contributed by atoms with E-state index in [4.69, 9.17) is 4.42 Å². The lowest BCUT2D eigenvalue weighted by Gasteiger charge is -2.28. The largest absolute Gasteiger partial charge is 0.467 e. The molecular weight excluding hydrogens is 278 g/mol. The van der Waals surface area contributed by atoms with Crippen molar-refractivity contribution in [1.29, 1.82) is 0 Å². The fraction of sp³-hybridized carbons (Fsp3) is 0.353. The molecule has 0 bridgehead atoms. The first-order valence-electron chi connectivity index (χ1n) is 7.53. The third kappa shape index (κ3) is 4.36. The molecule has 22 heavy (non-hydrogen) atoms. The second-order valence-electron chi connectivity index (χ2n) is 5.64. The van der Waals surface area contributed by atoms with Gasteiger partial charge in [0.1, 0.15) is 5.76 Å². The first-order valence-corrected chi connectivity index (χ1v) is 7.53. The number of furan rings is 1. The number of carbonyl (C=O) groups is 1. The van der Waals surface area contributed by atoms with Crippen molar-refractivity contribution in [2.24, 2.45) is 0 Å². The molecule has 0 aliphatic rings. The normalized spacial score (nSPS) is 12.2. The molecule has 2 rings (SSSR count). The number of nitrogens with zero attached hydrogens (tertiary/aromatic N) is 1. The highest BCUT2D eigenvalue weighted by Gasteiger charge is 2.24. The summed E-state index contributed by atoms with van der Waals surface area (Å²) in [7, 11) is 4.15. The molecule has 0 aliphatic carbocycles. The van der Waals surface area contributed by atoms with Crippen molar-refractivity contribution in [2.45, 2.75) is 13.0 Å². The zero-order valence-electron chi connectivity index (χ0n) is 13.4. The second-order valence-corrected chi connectivity index (χ2v) is 5.64. The zero-order valence-corrected chi connectivity index (χ0v) is 13.4. The third-order valence-corrected chi connectivity index (χ3v) is 3.56. The van der Waals surface area contributed by atoms with Crippen molar-refractivity contribution < 1.29 is 14.1 Å². The molecule has 2 N–H and O–H groups in total. The molecule has 1 aromatic heterocycles. The van der Waals surface area contributed by atoms with Gasteiger partial charge >= 0.3 is 6.03 Å². The number of hydrogen-bond donors (Lipinski definition) is 2. The molecule has 0 saturated carbocycles. The minimum absolute atomic E-state index is 0.113. The quantitative estimate of drug-likeness (QED) is 0.858. The molecule has 0 spiro atoms. The Morgan fingerprint density at radius 3 is 2.55 bits per heavy atom. The predicted octanol–water partition coefficient (Wildman–Crippen LogP) is 2.02. The summed E-state index contributed by atoms with van der Waals surface area (Å²) in [6.45, 7) is 3.50. The number of carbonyl (C=O) groups excluding carboxylic acids is 1. The Bertz CT molecular complexity index is 567. The molecule has 5 nitrogen and oxygen atoms in total. The molecule has 0 saturated heterocycles. The Hall–Kier alpha value is -2.27. The average Bonchev–Trinajstić information content (AvgIpc) is 3.02. The van der Waals surface area contributed by atoms with Crippen LogP contribution in [-0.2, 0) is 0 Å². The Morgan fingerprint density at radius 2 is 1.95 bits per heavy atom. The van der Waals surface area contributed by atoms with Crippen molar-refractivity contribution >= 4 is 11.7 Å². The number of nitrogens with one attached hydrogen (secondary N) is 2. The smallest absolute Gasteiger partial charge is 0.322 e. The summed E-state index contributed by atoms with van der Waals surface area (Å²) in [5.74, 6) is 0.789. The highest BCUT2D eigenvalue weighted by Crippen LogP contribution is 2.21. The lowest BCUT2D eigenvalue weighted by molar-refractivity contribution is -0.857. The first-order chi connectivity index (χ1) is 10.6. The van der Waals surface area contributed by atoms with Crippen LogP contribution >= 0.6 is 0 Å². The van der Waals surface area contributed by atoms with E-state index in [-0.39, 0.29) is 12.1 Å². The second kappa shape index (κ2) is 7.66. The van der Waals surface area contributed by atoms with E-state index in [0.717, 1.165) is 18.0 Å². The van der Waals surface area contributed by atoms with Crippen LogP contribution in [0.3, 0.4) is 0 Å². The number of benzene rings is 1. The Labute approximate surface area is 131 Å². The first kappa shape index (κ1) is 16.1. The van der Waals surface area contributed by atoms with Crippen molar-refractivity contribution in [3.05, 3.63) is 54.5 Å². The van der Waals surface area contributed by atoms with Gasteiger partial charge in [-0.05, 0) is 31.2 Å². The van der Waals surface area contributed by atoms with Gasteiger partial charge in [-0.1, -0.05) is 18.2 Å². The van der Waals surface area contributed by atoms with Crippen LogP contribution in [0.4, 0.5) is 10.5 Å². The third-order valence-electron chi connectivity index (χ3n) is 3.56. The topological polar surface area (TPSA) is 49.9 Å². The monoisotopic (exact) mass is 302 g/mol. The van der Waals surface area contributed by atoms with Gasteiger partial charge in [0.25, 0.3) is 0 Å². The van der Waals surface area contributed by atoms with Crippen molar-refractivity contribution in [3.63, 3.8) is 0 Å². The molecule has 2 aromatic rings. The number of para-hydroxylation sites is 1. The van der Waals surface area contributed by atoms with Gasteiger partial charge in [-0.3, -0.25) is 0 Å². The van der Waals surface area contributed by atoms with Crippen LogP contribution in [0.25, 0.3) is 0 Å². The van der Waals surface area contributed by atoms with Gasteiger partial charge in [0.15, 0.2) is 0 Å². The maximum atomic E-state index is 12.6. The standard InChI is InChI=1S/C17H23N3O2/c1-14(16-10-7-13-22-16)20(12-11-19(2)3)17(21)18-15-8-5-4-6-9-15/h4-10,13-14H,11-12H2,1-3H3,(H,18,21)/p+1. The Morgan fingerprint density at radius 1 is 1.23 bits per heavy atom. The van der Waals surface area contributed by atoms with E-state index in [0.29, 0.717) is 6.54 Å². The highest BCUT2D eigenvalue weighted by molar-refractivity contribution is 5.89. The molecular formula is C17H24N3O2+. The number of likely N-dealkylation sites (N-methyl/N-ethyl adjacent to an activating group) is 1. The van der Waals surface area contributed by atoms with Gasteiger partial charge in [-0.25, -0.2) is 4.79 Å². The fourth-order valence-electron chi connectivity index (χ4n) is 2.21. The molecule has 5 heteroatoms. The predicted molar refractivity (Wildman–Crippen MR) is 87.0 cm³/mol. The Kier molecular flexibility index (Phi) is 5.61. The van der Waals surface area contributed by atoms with E-state index in [2.05, 4.69) is 19.4 Å². The number of urea groups is 1. The fourth-order valence-corrected chi connectivity index (χ4v) is 2.21. The lowest BCUT2D eigenvalue weighted by atomic mass is 10.2. The van der Waals surface area contributed by atoms with E-state index in [1.807, 2.05) is 49.4 Å². The van der Waals surface area contributed by atoms with E-state index in [1.165, 1.54) is 4.90 Å². The molecule has 0 aliphatic heterocycles. The van der Waals surface area contributed by atoms with Crippen molar-refractivity contribution in [3.8, 4) is 0 Å². The van der Waals surface area contributed by atoms with Crippen LogP contribution in [0.15, 0.2) is 53.1 Å². The molecule has 0 radical (unpaired) electrons. The van der Waals surface area contributed by atoms with E-state index >= 15 is 0 Å². The van der Waals surface area contributed by atoms with Gasteiger partial charge in [0.05, 0.1) is 39.5 Å². The number of quaternary nitrogens is 1. The number of rotatable bonds is 6. The van der Waals surface area contributed by atoms with Gasteiger partial charge in [0.2, 0.25) is 0 Å². The van der Waals surface area contributed by atoms with E-state index in [1.54, 1.807) is 11.2 Å². The summed E-state index contributed by atoms with van der Waals surface area (Å²) in [6, 6.07) is 13.0. The minimum Gasteiger partial charge on any atom is -0.467 e. The number of amides is 2. The van der Waals surface area contributed by atoms with Crippen LogP contribution in [0.5, 0.6) is 0 Å². The van der Waals surface area contributed by atoms with Crippen LogP contribution in [0.1, 0.15) is 18.7 Å². The molecule has 1 aromatic carbocycles. The summed E-state index contributed by atoms with van der Waals surface area (Å²) in [6.07, 6.45) is 1.64. The minimum atomic E-state index is -0.114. The van der Waals surface area contributed by atoms with Crippen LogP contribution in [0.2, 0.25) is 0 Å². The molecule has 118 valence electrons. The van der Waals surface area contributed by atoms with E-state index in [9.17, 15) is 4.79 Å². The van der Waals surface area contributed by atoms with Gasteiger partial charge < -0.3 is 19.5 Å². The van der Waals surface area contributed by atoms with Gasteiger partial charge in [-0.15, -0.1) is 0 Å². The summed E-state index contributed by atoms with van der Waals surface area (Å²) < 4.78 is 5.45. The maximum absolute atomic E-state index is 12.6. The molecule has 2 amide bonds. The number of anilines is 1. The zero-order chi connectivity index (χ0) is 15.9. The van der Waals surface area contributed by atoms with Gasteiger partial charge in [0, 0.05) is 5.69 Å². The molecule has 1 heterocycles. The average molecular weight is 302 g/mol. The van der Waals surface area contributed by atoms with Crippen LogP contribution in [-0.4, -0.2) is 38.1 Å². The number of hydrogen-bond acceptors (Lipinski definition) is 2. The SMILES string of the molecule is CC(c1ccco1)N(CC[NH+](C)C)C(=O)Nc1ccccc1. The van der Waals surface area contributed by atoms with E-state index < -0.39 is 0 Å². The van der Waals surface area contributed by atoms with Crippen LogP contribution < -0.4 is 10.2 Å². The summed E-state index contributed by atoms with van der Waals surface area (Å²) in [4.78, 5) is 15.7. The van der Waals surface area contributed by atoms with Gasteiger partial charge in [-0.2, -0.15) is 0 Å². The molecule has 1 atom stereocenters. The van der Waals surface area contributed by atoms with Crippen molar-refractivity contribution in [1.82, 2.24) is 4.90 Å². The maximum Gasteiger partial charge on any atom is 0.322 e.